The lowest BCUT2D eigenvalue weighted by atomic mass is 10.1. The standard InChI is InChI=1S/C12H18F3N5/c13-12(14,15)11-18-17-10-8-19(6-7-20(10)11)5-3-9-2-1-4-16-9/h9,16H,1-8H2. The number of fused-ring (bicyclic) bond motifs is 1. The first-order valence-electron chi connectivity index (χ1n) is 6.99. The Morgan fingerprint density at radius 2 is 2.10 bits per heavy atom. The van der Waals surface area contributed by atoms with Crippen molar-refractivity contribution < 1.29 is 13.2 Å². The Bertz CT molecular complexity index is 464. The Morgan fingerprint density at radius 3 is 2.80 bits per heavy atom. The number of hydrogen-bond donors (Lipinski definition) is 1. The third kappa shape index (κ3) is 2.80. The van der Waals surface area contributed by atoms with Crippen LogP contribution in [0.2, 0.25) is 0 Å². The van der Waals surface area contributed by atoms with Crippen LogP contribution in [-0.4, -0.2) is 45.3 Å². The summed E-state index contributed by atoms with van der Waals surface area (Å²) in [6, 6.07) is 0.556. The van der Waals surface area contributed by atoms with Crippen LogP contribution in [0.3, 0.4) is 0 Å². The smallest absolute Gasteiger partial charge is 0.314 e. The quantitative estimate of drug-likeness (QED) is 0.910. The van der Waals surface area contributed by atoms with E-state index < -0.39 is 12.0 Å². The molecule has 1 atom stereocenters. The monoisotopic (exact) mass is 289 g/mol. The third-order valence-corrected chi connectivity index (χ3v) is 4.04. The molecule has 1 aromatic heterocycles. The van der Waals surface area contributed by atoms with Crippen LogP contribution in [0.15, 0.2) is 0 Å². The molecule has 1 aromatic rings. The molecule has 0 saturated carbocycles. The maximum absolute atomic E-state index is 12.7. The number of nitrogens with one attached hydrogen (secondary N) is 1. The second-order valence-electron chi connectivity index (χ2n) is 5.45. The first kappa shape index (κ1) is 13.8. The van der Waals surface area contributed by atoms with E-state index in [9.17, 15) is 13.2 Å². The number of halogens is 3. The van der Waals surface area contributed by atoms with Crippen LogP contribution in [0.25, 0.3) is 0 Å². The van der Waals surface area contributed by atoms with E-state index >= 15 is 0 Å². The van der Waals surface area contributed by atoms with Crippen molar-refractivity contribution in [2.24, 2.45) is 0 Å². The fourth-order valence-electron chi connectivity index (χ4n) is 2.95. The van der Waals surface area contributed by atoms with Crippen molar-refractivity contribution in [1.29, 1.82) is 0 Å². The summed E-state index contributed by atoms with van der Waals surface area (Å²) in [5, 5.41) is 10.4. The fourth-order valence-corrected chi connectivity index (χ4v) is 2.95. The molecule has 2 aliphatic heterocycles. The highest BCUT2D eigenvalue weighted by Crippen LogP contribution is 2.29. The lowest BCUT2D eigenvalue weighted by Crippen LogP contribution is -2.37. The average Bonchev–Trinajstić information content (AvgIpc) is 3.04. The zero-order chi connectivity index (χ0) is 14.2. The number of hydrogen-bond acceptors (Lipinski definition) is 4. The Kier molecular flexibility index (Phi) is 3.68. The van der Waals surface area contributed by atoms with Crippen molar-refractivity contribution in [1.82, 2.24) is 25.0 Å². The predicted octanol–water partition coefficient (Wildman–Crippen LogP) is 1.25. The minimum atomic E-state index is -4.42. The first-order chi connectivity index (χ1) is 9.54. The summed E-state index contributed by atoms with van der Waals surface area (Å²) in [5.74, 6) is -0.451. The van der Waals surface area contributed by atoms with E-state index in [4.69, 9.17) is 0 Å². The molecular weight excluding hydrogens is 271 g/mol. The summed E-state index contributed by atoms with van der Waals surface area (Å²) in [4.78, 5) is 2.16. The van der Waals surface area contributed by atoms with Crippen LogP contribution < -0.4 is 5.32 Å². The SMILES string of the molecule is FC(F)(F)c1nnc2n1CCN(CCC1CCCN1)C2. The second-order valence-corrected chi connectivity index (χ2v) is 5.45. The molecule has 0 bridgehead atoms. The molecule has 112 valence electrons. The average molecular weight is 289 g/mol. The van der Waals surface area contributed by atoms with Gasteiger partial charge in [0.15, 0.2) is 0 Å². The van der Waals surface area contributed by atoms with Gasteiger partial charge in [0, 0.05) is 25.7 Å². The highest BCUT2D eigenvalue weighted by molar-refractivity contribution is 5.02. The second kappa shape index (κ2) is 5.33. The van der Waals surface area contributed by atoms with Crippen molar-refractivity contribution in [2.45, 2.75) is 44.6 Å². The van der Waals surface area contributed by atoms with Crippen LogP contribution in [0.4, 0.5) is 13.2 Å². The first-order valence-corrected chi connectivity index (χ1v) is 6.99. The zero-order valence-corrected chi connectivity index (χ0v) is 11.2. The number of alkyl halides is 3. The number of nitrogens with zero attached hydrogens (tertiary/aromatic N) is 4. The van der Waals surface area contributed by atoms with E-state index in [-0.39, 0.29) is 0 Å². The predicted molar refractivity (Wildman–Crippen MR) is 65.9 cm³/mol. The molecule has 0 aliphatic carbocycles. The highest BCUT2D eigenvalue weighted by atomic mass is 19.4. The molecule has 1 fully saturated rings. The molecule has 5 nitrogen and oxygen atoms in total. The van der Waals surface area contributed by atoms with Crippen molar-refractivity contribution in [3.8, 4) is 0 Å². The summed E-state index contributed by atoms with van der Waals surface area (Å²) in [5.41, 5.74) is 0. The Balaban J connectivity index is 1.60. The Hall–Kier alpha value is -1.15. The van der Waals surface area contributed by atoms with Gasteiger partial charge in [0.05, 0.1) is 6.54 Å². The minimum absolute atomic E-state index is 0.315. The number of rotatable bonds is 3. The van der Waals surface area contributed by atoms with Crippen LogP contribution >= 0.6 is 0 Å². The van der Waals surface area contributed by atoms with E-state index in [0.29, 0.717) is 31.5 Å². The van der Waals surface area contributed by atoms with Gasteiger partial charge in [-0.15, -0.1) is 10.2 Å². The van der Waals surface area contributed by atoms with Gasteiger partial charge < -0.3 is 9.88 Å². The molecule has 0 spiro atoms. The zero-order valence-electron chi connectivity index (χ0n) is 11.2. The molecule has 8 heteroatoms. The van der Waals surface area contributed by atoms with Gasteiger partial charge in [0.2, 0.25) is 5.82 Å². The van der Waals surface area contributed by atoms with Gasteiger partial charge in [-0.3, -0.25) is 4.90 Å². The summed E-state index contributed by atoms with van der Waals surface area (Å²) < 4.78 is 39.3. The van der Waals surface area contributed by atoms with E-state index in [0.717, 1.165) is 19.5 Å². The van der Waals surface area contributed by atoms with Gasteiger partial charge in [-0.2, -0.15) is 13.2 Å². The molecule has 0 amide bonds. The fraction of sp³-hybridized carbons (Fsp3) is 0.833. The van der Waals surface area contributed by atoms with Crippen LogP contribution in [-0.2, 0) is 19.3 Å². The normalized spacial score (nSPS) is 24.1. The Labute approximate surface area is 115 Å². The molecule has 3 rings (SSSR count). The van der Waals surface area contributed by atoms with Gasteiger partial charge in [0.25, 0.3) is 0 Å². The van der Waals surface area contributed by atoms with Gasteiger partial charge in [0.1, 0.15) is 5.82 Å². The molecule has 1 saturated heterocycles. The molecular formula is C12H18F3N5. The van der Waals surface area contributed by atoms with Crippen LogP contribution in [0.1, 0.15) is 30.9 Å². The van der Waals surface area contributed by atoms with E-state index in [1.54, 1.807) is 0 Å². The number of aromatic nitrogens is 3. The topological polar surface area (TPSA) is 46.0 Å². The maximum Gasteiger partial charge on any atom is 0.451 e. The lowest BCUT2D eigenvalue weighted by Gasteiger charge is -2.28. The molecule has 20 heavy (non-hydrogen) atoms. The van der Waals surface area contributed by atoms with Gasteiger partial charge in [-0.05, 0) is 25.8 Å². The summed E-state index contributed by atoms with van der Waals surface area (Å²) >= 11 is 0. The summed E-state index contributed by atoms with van der Waals surface area (Å²) in [6.07, 6.45) is -0.961. The maximum atomic E-state index is 12.7. The van der Waals surface area contributed by atoms with Gasteiger partial charge in [-0.1, -0.05) is 0 Å². The largest absolute Gasteiger partial charge is 0.451 e. The van der Waals surface area contributed by atoms with Crippen molar-refractivity contribution in [3.63, 3.8) is 0 Å². The van der Waals surface area contributed by atoms with E-state index in [1.807, 2.05) is 0 Å². The van der Waals surface area contributed by atoms with E-state index in [1.165, 1.54) is 17.4 Å². The summed E-state index contributed by atoms with van der Waals surface area (Å²) in [7, 11) is 0. The summed E-state index contributed by atoms with van der Waals surface area (Å²) in [6.45, 7) is 3.37. The molecule has 3 heterocycles. The van der Waals surface area contributed by atoms with Crippen LogP contribution in [0, 0.1) is 0 Å². The molecule has 0 aromatic carbocycles. The third-order valence-electron chi connectivity index (χ3n) is 4.04. The van der Waals surface area contributed by atoms with Crippen molar-refractivity contribution >= 4 is 0 Å². The molecule has 0 radical (unpaired) electrons. The van der Waals surface area contributed by atoms with Gasteiger partial charge in [-0.25, -0.2) is 0 Å². The lowest BCUT2D eigenvalue weighted by molar-refractivity contribution is -0.148. The highest BCUT2D eigenvalue weighted by Gasteiger charge is 2.39. The molecule has 1 unspecified atom stereocenters. The van der Waals surface area contributed by atoms with Crippen molar-refractivity contribution in [2.75, 3.05) is 19.6 Å². The molecule has 2 aliphatic rings. The molecule has 1 N–H and O–H groups in total. The Morgan fingerprint density at radius 1 is 1.25 bits per heavy atom. The minimum Gasteiger partial charge on any atom is -0.314 e. The van der Waals surface area contributed by atoms with Crippen molar-refractivity contribution in [3.05, 3.63) is 11.6 Å². The van der Waals surface area contributed by atoms with Crippen LogP contribution in [0.5, 0.6) is 0 Å². The van der Waals surface area contributed by atoms with E-state index in [2.05, 4.69) is 20.4 Å². The van der Waals surface area contributed by atoms with Gasteiger partial charge >= 0.3 is 6.18 Å².